The van der Waals surface area contributed by atoms with Gasteiger partial charge in [-0.15, -0.1) is 0 Å². The van der Waals surface area contributed by atoms with Gasteiger partial charge in [0, 0.05) is 28.8 Å². The lowest BCUT2D eigenvalue weighted by atomic mass is 9.92. The molecular formula is C29H27FN4O3. The summed E-state index contributed by atoms with van der Waals surface area (Å²) in [7, 11) is 1.49. The van der Waals surface area contributed by atoms with E-state index >= 15 is 0 Å². The fourth-order valence-corrected chi connectivity index (χ4v) is 4.09. The number of benzene rings is 2. The maximum atomic E-state index is 13.9. The molecule has 1 unspecified atom stereocenters. The molecule has 1 amide bonds. The first-order chi connectivity index (χ1) is 18.0. The normalized spacial score (nSPS) is 14.1. The molecule has 0 saturated heterocycles. The average Bonchev–Trinajstić information content (AvgIpc) is 2.95. The Morgan fingerprint density at radius 1 is 1.19 bits per heavy atom. The summed E-state index contributed by atoms with van der Waals surface area (Å²) < 4.78 is 24.5. The van der Waals surface area contributed by atoms with Crippen LogP contribution in [0.25, 0.3) is 22.2 Å². The van der Waals surface area contributed by atoms with E-state index in [1.807, 2.05) is 26.0 Å². The van der Waals surface area contributed by atoms with Crippen molar-refractivity contribution in [3.63, 3.8) is 0 Å². The smallest absolute Gasteiger partial charge is 0.251 e. The lowest BCUT2D eigenvalue weighted by Gasteiger charge is -2.21. The Morgan fingerprint density at radius 2 is 2.03 bits per heavy atom. The van der Waals surface area contributed by atoms with Crippen LogP contribution in [0.4, 0.5) is 4.39 Å². The largest absolute Gasteiger partial charge is 0.497 e. The molecule has 188 valence electrons. The molecule has 1 aliphatic rings. The molecule has 4 aromatic rings. The van der Waals surface area contributed by atoms with Crippen LogP contribution in [0.5, 0.6) is 5.75 Å². The minimum absolute atomic E-state index is 0.205. The molecule has 0 radical (unpaired) electrons. The van der Waals surface area contributed by atoms with Gasteiger partial charge in [0.05, 0.1) is 55.8 Å². The summed E-state index contributed by atoms with van der Waals surface area (Å²) in [5.41, 5.74) is 4.75. The second-order valence-corrected chi connectivity index (χ2v) is 8.24. The van der Waals surface area contributed by atoms with Crippen molar-refractivity contribution in [2.24, 2.45) is 0 Å². The first kappa shape index (κ1) is 25.7. The molecule has 3 heterocycles. The van der Waals surface area contributed by atoms with E-state index in [-0.39, 0.29) is 18.4 Å². The Kier molecular flexibility index (Phi) is 8.06. The summed E-state index contributed by atoms with van der Waals surface area (Å²) in [4.78, 5) is 21.9. The van der Waals surface area contributed by atoms with Crippen molar-refractivity contribution >= 4 is 16.8 Å². The second kappa shape index (κ2) is 11.6. The van der Waals surface area contributed by atoms with Crippen LogP contribution in [0.2, 0.25) is 0 Å². The van der Waals surface area contributed by atoms with Crippen LogP contribution in [0.1, 0.15) is 46.9 Å². The molecule has 1 aliphatic heterocycles. The van der Waals surface area contributed by atoms with Crippen molar-refractivity contribution in [3.8, 4) is 23.1 Å². The molecule has 2 aromatic carbocycles. The van der Waals surface area contributed by atoms with Gasteiger partial charge in [0.15, 0.2) is 0 Å². The Morgan fingerprint density at radius 3 is 2.81 bits per heavy atom. The Balaban J connectivity index is 0.00000156. The number of ether oxygens (including phenoxy) is 2. The number of nitrogens with zero attached hydrogens (tertiary/aromatic N) is 3. The number of hydrogen-bond donors (Lipinski definition) is 1. The van der Waals surface area contributed by atoms with E-state index in [0.29, 0.717) is 47.0 Å². The summed E-state index contributed by atoms with van der Waals surface area (Å²) in [6.45, 7) is 4.97. The monoisotopic (exact) mass is 498 g/mol. The summed E-state index contributed by atoms with van der Waals surface area (Å²) in [6.07, 6.45) is 1.69. The van der Waals surface area contributed by atoms with Crippen LogP contribution in [-0.2, 0) is 17.9 Å². The van der Waals surface area contributed by atoms with E-state index in [0.717, 1.165) is 16.5 Å². The number of carbonyl (C=O) groups is 1. The molecule has 2 aromatic heterocycles. The van der Waals surface area contributed by atoms with Gasteiger partial charge in [0.1, 0.15) is 11.6 Å². The Bertz CT molecular complexity index is 1480. The Labute approximate surface area is 214 Å². The zero-order chi connectivity index (χ0) is 26.4. The fraction of sp³-hybridized carbons (Fsp3) is 0.241. The van der Waals surface area contributed by atoms with Crippen molar-refractivity contribution in [1.29, 1.82) is 5.26 Å². The van der Waals surface area contributed by atoms with E-state index in [1.165, 1.54) is 19.2 Å². The van der Waals surface area contributed by atoms with Crippen LogP contribution in [0.3, 0.4) is 0 Å². The van der Waals surface area contributed by atoms with Crippen molar-refractivity contribution in [3.05, 3.63) is 89.0 Å². The van der Waals surface area contributed by atoms with Gasteiger partial charge in [-0.3, -0.25) is 9.78 Å². The van der Waals surface area contributed by atoms with Crippen LogP contribution in [-0.4, -0.2) is 29.6 Å². The predicted octanol–water partition coefficient (Wildman–Crippen LogP) is 5.54. The number of rotatable bonds is 5. The third-order valence-corrected chi connectivity index (χ3v) is 5.94. The topological polar surface area (TPSA) is 97.1 Å². The molecule has 1 atom stereocenters. The number of hydrogen-bond acceptors (Lipinski definition) is 6. The van der Waals surface area contributed by atoms with Gasteiger partial charge in [-0.1, -0.05) is 19.9 Å². The average molecular weight is 499 g/mol. The fourth-order valence-electron chi connectivity index (χ4n) is 4.09. The van der Waals surface area contributed by atoms with Gasteiger partial charge in [-0.2, -0.15) is 5.26 Å². The molecule has 1 N–H and O–H groups in total. The van der Waals surface area contributed by atoms with Crippen molar-refractivity contribution in [2.45, 2.75) is 32.9 Å². The molecular weight excluding hydrogens is 471 g/mol. The molecule has 0 fully saturated rings. The third kappa shape index (κ3) is 5.74. The number of carbonyl (C=O) groups excluding carboxylic acids is 1. The second-order valence-electron chi connectivity index (χ2n) is 8.24. The summed E-state index contributed by atoms with van der Waals surface area (Å²) in [6, 6.07) is 17.4. The van der Waals surface area contributed by atoms with Gasteiger partial charge >= 0.3 is 0 Å². The quantitative estimate of drug-likeness (QED) is 0.388. The van der Waals surface area contributed by atoms with Crippen molar-refractivity contribution in [2.75, 3.05) is 13.7 Å². The summed E-state index contributed by atoms with van der Waals surface area (Å²) in [5.74, 6) is -0.635. The van der Waals surface area contributed by atoms with Crippen LogP contribution >= 0.6 is 0 Å². The van der Waals surface area contributed by atoms with Crippen molar-refractivity contribution in [1.82, 2.24) is 15.3 Å². The third-order valence-electron chi connectivity index (χ3n) is 5.94. The van der Waals surface area contributed by atoms with E-state index < -0.39 is 5.82 Å². The number of nitrogens with one attached hydrogen (secondary N) is 1. The molecule has 5 rings (SSSR count). The standard InChI is InChI=1S/C27H21FN4O3.C2H6/c1-34-23-7-19(6-21(28)9-23)25-5-4-17-12-30-22(10-26(17)32-25)13-31-27(33)16-2-3-18-14-35-15-20(11-29)24(18)8-16;1-2/h2-10,12,20H,13-15H2,1H3,(H,31,33);1-2H3. The first-order valence-corrected chi connectivity index (χ1v) is 12.0. The van der Waals surface area contributed by atoms with Crippen LogP contribution < -0.4 is 10.1 Å². The Hall–Kier alpha value is -4.35. The lowest BCUT2D eigenvalue weighted by Crippen LogP contribution is -2.24. The van der Waals surface area contributed by atoms with Gasteiger partial charge in [0.25, 0.3) is 5.91 Å². The molecule has 37 heavy (non-hydrogen) atoms. The maximum Gasteiger partial charge on any atom is 0.251 e. The highest BCUT2D eigenvalue weighted by molar-refractivity contribution is 5.94. The highest BCUT2D eigenvalue weighted by Crippen LogP contribution is 2.28. The minimum atomic E-state index is -0.407. The summed E-state index contributed by atoms with van der Waals surface area (Å²) in [5, 5.41) is 13.1. The number of aromatic nitrogens is 2. The molecule has 0 spiro atoms. The highest BCUT2D eigenvalue weighted by Gasteiger charge is 2.22. The lowest BCUT2D eigenvalue weighted by molar-refractivity contribution is 0.0945. The number of amides is 1. The van der Waals surface area contributed by atoms with E-state index in [2.05, 4.69) is 21.4 Å². The summed E-state index contributed by atoms with van der Waals surface area (Å²) >= 11 is 0. The zero-order valence-electron chi connectivity index (χ0n) is 20.9. The minimum Gasteiger partial charge on any atom is -0.497 e. The van der Waals surface area contributed by atoms with Gasteiger partial charge < -0.3 is 14.8 Å². The molecule has 0 aliphatic carbocycles. The molecule has 0 saturated carbocycles. The highest BCUT2D eigenvalue weighted by atomic mass is 19.1. The van der Waals surface area contributed by atoms with E-state index in [9.17, 15) is 14.4 Å². The zero-order valence-corrected chi connectivity index (χ0v) is 20.9. The van der Waals surface area contributed by atoms with E-state index in [4.69, 9.17) is 9.47 Å². The van der Waals surface area contributed by atoms with Crippen LogP contribution in [0.15, 0.2) is 60.8 Å². The van der Waals surface area contributed by atoms with Gasteiger partial charge in [-0.05, 0) is 53.6 Å². The van der Waals surface area contributed by atoms with E-state index in [1.54, 1.807) is 36.5 Å². The first-order valence-electron chi connectivity index (χ1n) is 12.0. The number of halogens is 1. The maximum absolute atomic E-state index is 13.9. The number of fused-ring (bicyclic) bond motifs is 2. The molecule has 8 heteroatoms. The number of methoxy groups -OCH3 is 1. The predicted molar refractivity (Wildman–Crippen MR) is 138 cm³/mol. The van der Waals surface area contributed by atoms with Crippen LogP contribution in [0, 0.1) is 17.1 Å². The SMILES string of the molecule is CC.COc1cc(F)cc(-c2ccc3cnc(CNC(=O)c4ccc5c(c4)C(C#N)COC5)cc3n2)c1. The number of nitriles is 1. The molecule has 0 bridgehead atoms. The van der Waals surface area contributed by atoms with Gasteiger partial charge in [-0.25, -0.2) is 9.37 Å². The number of pyridine rings is 2. The molecule has 7 nitrogen and oxygen atoms in total. The van der Waals surface area contributed by atoms with Gasteiger partial charge in [0.2, 0.25) is 0 Å². The van der Waals surface area contributed by atoms with Crippen molar-refractivity contribution < 1.29 is 18.7 Å².